The highest BCUT2D eigenvalue weighted by Gasteiger charge is 2.32. The minimum absolute atomic E-state index is 0.0672. The summed E-state index contributed by atoms with van der Waals surface area (Å²) in [4.78, 5) is 14.9. The quantitative estimate of drug-likeness (QED) is 0.151. The summed E-state index contributed by atoms with van der Waals surface area (Å²) in [5.41, 5.74) is 21.7. The van der Waals surface area contributed by atoms with Crippen LogP contribution in [0.2, 0.25) is 0 Å². The minimum atomic E-state index is -0.0907. The van der Waals surface area contributed by atoms with Crippen molar-refractivity contribution in [2.75, 3.05) is 26.3 Å². The van der Waals surface area contributed by atoms with Crippen molar-refractivity contribution in [2.24, 2.45) is 0 Å². The summed E-state index contributed by atoms with van der Waals surface area (Å²) in [7, 11) is 0. The Hall–Kier alpha value is -8.67. The van der Waals surface area contributed by atoms with E-state index in [0.29, 0.717) is 6.67 Å². The molecule has 0 unspecified atom stereocenters. The molecule has 2 aliphatic heterocycles. The number of para-hydroxylation sites is 3. The summed E-state index contributed by atoms with van der Waals surface area (Å²) in [6.45, 7) is 14.3. The zero-order valence-corrected chi connectivity index (χ0v) is 42.5. The molecule has 5 heteroatoms. The first-order valence-electron chi connectivity index (χ1n) is 25.5. The highest BCUT2D eigenvalue weighted by Crippen LogP contribution is 2.54. The summed E-state index contributed by atoms with van der Waals surface area (Å²) in [6, 6.07) is 84.5. The second kappa shape index (κ2) is 18.2. The summed E-state index contributed by atoms with van der Waals surface area (Å²) in [5, 5.41) is 0. The van der Waals surface area contributed by atoms with Gasteiger partial charge in [0.15, 0.2) is 0 Å². The largest absolute Gasteiger partial charge is 0.321 e. The maximum Gasteiger partial charge on any atom is 0.137 e. The van der Waals surface area contributed by atoms with Crippen molar-refractivity contribution in [2.45, 2.75) is 52.4 Å². The number of aromatic nitrogens is 1. The van der Waals surface area contributed by atoms with Crippen LogP contribution in [0.5, 0.6) is 0 Å². The van der Waals surface area contributed by atoms with E-state index in [1.165, 1.54) is 50.4 Å². The lowest BCUT2D eigenvalue weighted by molar-refractivity contribution is 0.589. The van der Waals surface area contributed by atoms with E-state index in [-0.39, 0.29) is 10.8 Å². The van der Waals surface area contributed by atoms with Crippen molar-refractivity contribution >= 4 is 57.0 Å². The standard InChI is InChI=1S/C68H59N5/c1-67(2,3)51-31-33-53(34-32-51)70-46-71(64-29-19-18-28-63(64)70)56-40-50(48-22-12-8-13-23-48)41-57(44-56)72(54-24-14-9-15-25-54)55-35-36-60-58-26-16-17-27-59(58)61-42-49(47-20-10-7-11-21-47)30-37-62(61)73(65(60)45-55)66-43-52(38-39-69-66)68(4,5)6/h7-45H,46H2,1-6H3. The lowest BCUT2D eigenvalue weighted by Crippen LogP contribution is -2.24. The third kappa shape index (κ3) is 8.51. The van der Waals surface area contributed by atoms with E-state index in [9.17, 15) is 0 Å². The van der Waals surface area contributed by atoms with Crippen LogP contribution < -0.4 is 19.6 Å². The van der Waals surface area contributed by atoms with Gasteiger partial charge in [-0.2, -0.15) is 0 Å². The molecule has 0 radical (unpaired) electrons. The average Bonchev–Trinajstić information content (AvgIpc) is 3.76. The van der Waals surface area contributed by atoms with Crippen molar-refractivity contribution in [1.29, 1.82) is 0 Å². The number of anilines is 10. The molecule has 0 spiro atoms. The number of fused-ring (bicyclic) bond motifs is 6. The molecule has 0 bridgehead atoms. The van der Waals surface area contributed by atoms with Gasteiger partial charge >= 0.3 is 0 Å². The number of benzene rings is 9. The molecule has 73 heavy (non-hydrogen) atoms. The van der Waals surface area contributed by atoms with Crippen LogP contribution in [0.3, 0.4) is 0 Å². The van der Waals surface area contributed by atoms with Crippen LogP contribution in [0.15, 0.2) is 237 Å². The monoisotopic (exact) mass is 945 g/mol. The maximum atomic E-state index is 5.22. The molecule has 0 amide bonds. The van der Waals surface area contributed by atoms with Crippen LogP contribution in [-0.2, 0) is 10.8 Å². The van der Waals surface area contributed by atoms with Gasteiger partial charge in [-0.15, -0.1) is 0 Å². The Labute approximate surface area is 430 Å². The molecule has 5 nitrogen and oxygen atoms in total. The Balaban J connectivity index is 1.06. The second-order valence-corrected chi connectivity index (χ2v) is 21.4. The highest BCUT2D eigenvalue weighted by atomic mass is 15.4. The van der Waals surface area contributed by atoms with Gasteiger partial charge in [-0.3, -0.25) is 4.90 Å². The van der Waals surface area contributed by atoms with Crippen LogP contribution in [0, 0.1) is 0 Å². The van der Waals surface area contributed by atoms with Gasteiger partial charge in [-0.25, -0.2) is 4.98 Å². The maximum absolute atomic E-state index is 5.22. The lowest BCUT2D eigenvalue weighted by atomic mass is 9.87. The Morgan fingerprint density at radius 1 is 0.356 bits per heavy atom. The molecule has 0 atom stereocenters. The molecule has 356 valence electrons. The van der Waals surface area contributed by atoms with E-state index < -0.39 is 0 Å². The summed E-state index contributed by atoms with van der Waals surface area (Å²) in [5.74, 6) is 0.872. The number of pyridine rings is 1. The van der Waals surface area contributed by atoms with Crippen molar-refractivity contribution < 1.29 is 0 Å². The van der Waals surface area contributed by atoms with Gasteiger partial charge in [-0.05, 0) is 146 Å². The molecular formula is C68H59N5. The fourth-order valence-electron chi connectivity index (χ4n) is 10.7. The third-order valence-electron chi connectivity index (χ3n) is 14.6. The van der Waals surface area contributed by atoms with Crippen molar-refractivity contribution in [3.8, 4) is 44.5 Å². The minimum Gasteiger partial charge on any atom is -0.321 e. The van der Waals surface area contributed by atoms with Gasteiger partial charge in [0.2, 0.25) is 0 Å². The third-order valence-corrected chi connectivity index (χ3v) is 14.6. The molecule has 0 N–H and O–H groups in total. The molecule has 0 aliphatic carbocycles. The Morgan fingerprint density at radius 2 is 0.945 bits per heavy atom. The van der Waals surface area contributed by atoms with Gasteiger partial charge in [0.05, 0.1) is 22.7 Å². The van der Waals surface area contributed by atoms with E-state index >= 15 is 0 Å². The number of hydrogen-bond donors (Lipinski definition) is 0. The summed E-state index contributed by atoms with van der Waals surface area (Å²) >= 11 is 0. The molecule has 9 aromatic carbocycles. The first-order chi connectivity index (χ1) is 35.5. The molecule has 0 saturated carbocycles. The van der Waals surface area contributed by atoms with Gasteiger partial charge in [0, 0.05) is 45.8 Å². The normalized spacial score (nSPS) is 12.9. The molecule has 2 aliphatic rings. The fraction of sp³-hybridized carbons (Fsp3) is 0.132. The zero-order valence-electron chi connectivity index (χ0n) is 42.5. The van der Waals surface area contributed by atoms with Crippen LogP contribution in [0.1, 0.15) is 52.7 Å². The number of nitrogens with zero attached hydrogens (tertiary/aromatic N) is 5. The van der Waals surface area contributed by atoms with Crippen LogP contribution in [0.4, 0.5) is 57.0 Å². The zero-order chi connectivity index (χ0) is 49.8. The van der Waals surface area contributed by atoms with E-state index in [0.717, 1.165) is 62.2 Å². The van der Waals surface area contributed by atoms with Crippen LogP contribution in [-0.4, -0.2) is 11.7 Å². The summed E-state index contributed by atoms with van der Waals surface area (Å²) < 4.78 is 0. The Bertz CT molecular complexity index is 3630. The highest BCUT2D eigenvalue weighted by molar-refractivity contribution is 6.04. The van der Waals surface area contributed by atoms with Gasteiger partial charge < -0.3 is 14.7 Å². The molecule has 1 aromatic heterocycles. The first kappa shape index (κ1) is 45.5. The molecule has 0 saturated heterocycles. The number of rotatable bonds is 8. The predicted octanol–water partition coefficient (Wildman–Crippen LogP) is 18.8. The molecule has 10 aromatic rings. The van der Waals surface area contributed by atoms with Crippen molar-refractivity contribution in [3.63, 3.8) is 0 Å². The average molecular weight is 946 g/mol. The topological polar surface area (TPSA) is 25.9 Å². The Morgan fingerprint density at radius 3 is 1.60 bits per heavy atom. The fourth-order valence-corrected chi connectivity index (χ4v) is 10.7. The SMILES string of the molecule is CC(C)(C)c1ccc(N2CN(c3cc(-c4ccccc4)cc(N(c4ccccc4)c4ccc5c(c4)N(c4cc(C(C)(C)C)ccn4)c4ccc(-c6ccccc6)cc4-c4ccccc4-5)c3)c3ccccc32)cc1. The van der Waals surface area contributed by atoms with Gasteiger partial charge in [0.25, 0.3) is 0 Å². The van der Waals surface area contributed by atoms with Crippen LogP contribution in [0.25, 0.3) is 44.5 Å². The lowest BCUT2D eigenvalue weighted by Gasteiger charge is -2.31. The first-order valence-corrected chi connectivity index (χ1v) is 25.5. The van der Waals surface area contributed by atoms with Crippen molar-refractivity contribution in [3.05, 3.63) is 248 Å². The summed E-state index contributed by atoms with van der Waals surface area (Å²) in [6.07, 6.45) is 1.97. The van der Waals surface area contributed by atoms with Crippen LogP contribution >= 0.6 is 0 Å². The van der Waals surface area contributed by atoms with E-state index in [1.54, 1.807) is 0 Å². The predicted molar refractivity (Wildman–Crippen MR) is 308 cm³/mol. The molecule has 3 heterocycles. The van der Waals surface area contributed by atoms with Gasteiger partial charge in [-0.1, -0.05) is 181 Å². The van der Waals surface area contributed by atoms with E-state index in [1.807, 2.05) is 6.20 Å². The molecule has 12 rings (SSSR count). The van der Waals surface area contributed by atoms with E-state index in [4.69, 9.17) is 4.98 Å². The van der Waals surface area contributed by atoms with Crippen molar-refractivity contribution in [1.82, 2.24) is 4.98 Å². The Kier molecular flexibility index (Phi) is 11.3. The van der Waals surface area contributed by atoms with E-state index in [2.05, 4.69) is 292 Å². The molecular weight excluding hydrogens is 887 g/mol. The second-order valence-electron chi connectivity index (χ2n) is 21.4. The number of hydrogen-bond acceptors (Lipinski definition) is 5. The smallest absolute Gasteiger partial charge is 0.137 e. The molecule has 0 fully saturated rings. The van der Waals surface area contributed by atoms with Gasteiger partial charge in [0.1, 0.15) is 12.5 Å².